The molecule has 0 aromatic heterocycles. The van der Waals surface area contributed by atoms with Gasteiger partial charge in [0, 0.05) is 12.8 Å². The molecule has 0 saturated heterocycles. The topological polar surface area (TPSA) is 78.9 Å². The van der Waals surface area contributed by atoms with E-state index in [2.05, 4.69) is 81.5 Å². The van der Waals surface area contributed by atoms with Crippen LogP contribution < -0.4 is 0 Å². The van der Waals surface area contributed by atoms with Crippen LogP contribution in [0, 0.1) is 0 Å². The zero-order valence-electron chi connectivity index (χ0n) is 55.5. The average Bonchev–Trinajstić information content (AvgIpc) is 3.50. The van der Waals surface area contributed by atoms with Gasteiger partial charge in [0.15, 0.2) is 6.10 Å². The molecular weight excluding hydrogens is 1020 g/mol. The van der Waals surface area contributed by atoms with Gasteiger partial charge in [-0.1, -0.05) is 363 Å². The van der Waals surface area contributed by atoms with Crippen molar-refractivity contribution in [2.75, 3.05) is 13.2 Å². The minimum atomic E-state index is -0.828. The van der Waals surface area contributed by atoms with Crippen LogP contribution in [-0.2, 0) is 28.6 Å². The lowest BCUT2D eigenvalue weighted by molar-refractivity contribution is -0.166. The molecule has 6 heteroatoms. The molecule has 1 atom stereocenters. The highest BCUT2D eigenvalue weighted by Crippen LogP contribution is 2.18. The number of ether oxygens (including phenoxy) is 3. The first-order valence-corrected chi connectivity index (χ1v) is 36.4. The maximum absolute atomic E-state index is 12.8. The summed E-state index contributed by atoms with van der Waals surface area (Å²) >= 11 is 0. The Morgan fingerprint density at radius 3 is 0.783 bits per heavy atom. The van der Waals surface area contributed by atoms with Crippen LogP contribution in [0.25, 0.3) is 0 Å². The molecule has 0 aliphatic carbocycles. The molecule has 0 N–H and O–H groups in total. The lowest BCUT2D eigenvalue weighted by atomic mass is 10.0. The molecule has 1 unspecified atom stereocenters. The Bertz CT molecular complexity index is 1520. The molecule has 0 saturated carbocycles. The van der Waals surface area contributed by atoms with E-state index in [4.69, 9.17) is 14.2 Å². The van der Waals surface area contributed by atoms with Crippen molar-refractivity contribution in [1.29, 1.82) is 0 Å². The maximum atomic E-state index is 12.8. The maximum Gasteiger partial charge on any atom is 0.310 e. The van der Waals surface area contributed by atoms with Crippen LogP contribution in [0.15, 0.2) is 72.9 Å². The molecule has 0 fully saturated rings. The van der Waals surface area contributed by atoms with Gasteiger partial charge < -0.3 is 14.2 Å². The number of unbranched alkanes of at least 4 members (excludes halogenated alkanes) is 45. The molecule has 83 heavy (non-hydrogen) atoms. The summed E-state index contributed by atoms with van der Waals surface area (Å²) in [7, 11) is 0. The summed E-state index contributed by atoms with van der Waals surface area (Å²) in [4.78, 5) is 38.3. The van der Waals surface area contributed by atoms with Crippen LogP contribution in [0.4, 0.5) is 0 Å². The van der Waals surface area contributed by atoms with Crippen molar-refractivity contribution in [3.63, 3.8) is 0 Å². The predicted molar refractivity (Wildman–Crippen MR) is 362 cm³/mol. The number of carbonyl (C=O) groups excluding carboxylic acids is 3. The van der Waals surface area contributed by atoms with Crippen LogP contribution in [-0.4, -0.2) is 37.2 Å². The van der Waals surface area contributed by atoms with E-state index in [0.717, 1.165) is 70.6 Å². The Balaban J connectivity index is 4.13. The van der Waals surface area contributed by atoms with Crippen LogP contribution in [0.5, 0.6) is 0 Å². The van der Waals surface area contributed by atoms with Crippen molar-refractivity contribution < 1.29 is 28.6 Å². The summed E-state index contributed by atoms with van der Waals surface area (Å²) in [5.74, 6) is -1.02. The normalized spacial score (nSPS) is 12.5. The van der Waals surface area contributed by atoms with Crippen LogP contribution in [0.2, 0.25) is 0 Å². The van der Waals surface area contributed by atoms with Gasteiger partial charge in [-0.15, -0.1) is 0 Å². The zero-order chi connectivity index (χ0) is 59.9. The van der Waals surface area contributed by atoms with Gasteiger partial charge in [0.05, 0.1) is 6.42 Å². The standard InChI is InChI=1S/C77H138O6/c1-4-7-10-13-16-19-22-25-28-29-30-31-32-33-34-35-36-37-38-39-40-41-42-43-44-45-46-47-50-52-55-58-61-64-67-70-76(79)82-73-74(83-77(80)71-68-65-62-59-56-53-49-27-24-21-18-15-12-9-6-3)72-81-75(78)69-66-63-60-57-54-51-48-26-23-20-17-14-11-8-5-2/h9,12,18,21,27,29-30,49,56,59,65,68,74H,4-8,10-11,13-17,19-20,22-26,28,31-48,50-55,57-58,60-64,66-67,69-73H2,1-3H3/b12-9-,21-18-,30-29-,49-27-,59-56-,68-65-. The highest BCUT2D eigenvalue weighted by atomic mass is 16.6. The molecule has 482 valence electrons. The van der Waals surface area contributed by atoms with Gasteiger partial charge in [0.25, 0.3) is 0 Å². The molecule has 0 amide bonds. The first kappa shape index (κ1) is 79.8. The molecule has 0 aromatic carbocycles. The fourth-order valence-corrected chi connectivity index (χ4v) is 10.8. The van der Waals surface area contributed by atoms with E-state index in [9.17, 15) is 14.4 Å². The number of carbonyl (C=O) groups is 3. The summed E-state index contributed by atoms with van der Waals surface area (Å²) in [6.45, 7) is 6.50. The summed E-state index contributed by atoms with van der Waals surface area (Å²) < 4.78 is 16.8. The summed E-state index contributed by atoms with van der Waals surface area (Å²) in [6, 6.07) is 0. The minimum Gasteiger partial charge on any atom is -0.462 e. The Labute approximate surface area is 516 Å². The summed E-state index contributed by atoms with van der Waals surface area (Å²) in [5.41, 5.74) is 0. The Kier molecular flexibility index (Phi) is 68.6. The highest BCUT2D eigenvalue weighted by molar-refractivity contribution is 5.72. The highest BCUT2D eigenvalue weighted by Gasteiger charge is 2.19. The fraction of sp³-hybridized carbons (Fsp3) is 0.805. The number of allylic oxidation sites excluding steroid dienone is 11. The predicted octanol–water partition coefficient (Wildman–Crippen LogP) is 25.2. The Hall–Kier alpha value is -3.15. The van der Waals surface area contributed by atoms with Gasteiger partial charge >= 0.3 is 17.9 Å². The van der Waals surface area contributed by atoms with E-state index in [1.54, 1.807) is 6.08 Å². The molecule has 0 aliphatic rings. The molecule has 6 nitrogen and oxygen atoms in total. The molecule has 0 radical (unpaired) electrons. The van der Waals surface area contributed by atoms with Gasteiger partial charge in [0.1, 0.15) is 13.2 Å². The van der Waals surface area contributed by atoms with Crippen molar-refractivity contribution >= 4 is 17.9 Å². The van der Waals surface area contributed by atoms with E-state index >= 15 is 0 Å². The van der Waals surface area contributed by atoms with Crippen LogP contribution in [0.1, 0.15) is 380 Å². The van der Waals surface area contributed by atoms with E-state index in [1.165, 1.54) is 270 Å². The van der Waals surface area contributed by atoms with E-state index in [1.807, 2.05) is 6.08 Å². The quantitative estimate of drug-likeness (QED) is 0.0261. The second kappa shape index (κ2) is 71.3. The average molecular weight is 1160 g/mol. The number of rotatable bonds is 67. The summed E-state index contributed by atoms with van der Waals surface area (Å²) in [6.07, 6.45) is 94.2. The second-order valence-corrected chi connectivity index (χ2v) is 24.5. The van der Waals surface area contributed by atoms with Gasteiger partial charge in [-0.05, 0) is 70.6 Å². The van der Waals surface area contributed by atoms with Crippen molar-refractivity contribution in [2.45, 2.75) is 386 Å². The Morgan fingerprint density at radius 2 is 0.506 bits per heavy atom. The van der Waals surface area contributed by atoms with Gasteiger partial charge in [-0.2, -0.15) is 0 Å². The van der Waals surface area contributed by atoms with Gasteiger partial charge in [-0.25, -0.2) is 0 Å². The molecular formula is C77H138O6. The molecule has 0 spiro atoms. The number of hydrogen-bond acceptors (Lipinski definition) is 6. The zero-order valence-corrected chi connectivity index (χ0v) is 55.5. The molecule has 0 aromatic rings. The smallest absolute Gasteiger partial charge is 0.310 e. The van der Waals surface area contributed by atoms with Gasteiger partial charge in [0.2, 0.25) is 0 Å². The van der Waals surface area contributed by atoms with E-state index < -0.39 is 12.1 Å². The van der Waals surface area contributed by atoms with Crippen molar-refractivity contribution in [3.05, 3.63) is 72.9 Å². The minimum absolute atomic E-state index is 0.101. The first-order valence-electron chi connectivity index (χ1n) is 36.4. The molecule has 0 bridgehead atoms. The molecule has 0 rings (SSSR count). The van der Waals surface area contributed by atoms with Crippen LogP contribution in [0.3, 0.4) is 0 Å². The third kappa shape index (κ3) is 69.5. The third-order valence-electron chi connectivity index (χ3n) is 16.2. The van der Waals surface area contributed by atoms with E-state index in [-0.39, 0.29) is 31.6 Å². The number of hydrogen-bond donors (Lipinski definition) is 0. The van der Waals surface area contributed by atoms with Crippen molar-refractivity contribution in [1.82, 2.24) is 0 Å². The van der Waals surface area contributed by atoms with Crippen molar-refractivity contribution in [3.8, 4) is 0 Å². The first-order chi connectivity index (χ1) is 41.0. The Morgan fingerprint density at radius 1 is 0.265 bits per heavy atom. The largest absolute Gasteiger partial charge is 0.462 e. The van der Waals surface area contributed by atoms with Crippen LogP contribution >= 0.6 is 0 Å². The monoisotopic (exact) mass is 1160 g/mol. The van der Waals surface area contributed by atoms with E-state index in [0.29, 0.717) is 12.8 Å². The molecule has 0 heterocycles. The van der Waals surface area contributed by atoms with Crippen molar-refractivity contribution in [2.24, 2.45) is 0 Å². The van der Waals surface area contributed by atoms with Gasteiger partial charge in [-0.3, -0.25) is 14.4 Å². The number of esters is 3. The third-order valence-corrected chi connectivity index (χ3v) is 16.2. The lowest BCUT2D eigenvalue weighted by Crippen LogP contribution is -2.30. The SMILES string of the molecule is CC/C=C\C/C=C\C/C=C\C/C=C\C/C=C\CC(=O)OC(COC(=O)CCCCCCCCCCCCCCCCC)COC(=O)CCCCCCCCCCCCCCCCCCCCCCCCC/C=C\CCCCCCCCCC. The second-order valence-electron chi connectivity index (χ2n) is 24.5. The molecule has 0 aliphatic heterocycles. The lowest BCUT2D eigenvalue weighted by Gasteiger charge is -2.18. The fourth-order valence-electron chi connectivity index (χ4n) is 10.8. The summed E-state index contributed by atoms with van der Waals surface area (Å²) in [5, 5.41) is 0.